The fourth-order valence-corrected chi connectivity index (χ4v) is 2.10. The average Bonchev–Trinajstić information content (AvgIpc) is 2.74. The Morgan fingerprint density at radius 3 is 2.74 bits per heavy atom. The fraction of sp³-hybridized carbons (Fsp3) is 0.231. The summed E-state index contributed by atoms with van der Waals surface area (Å²) in [6.45, 7) is 2.67. The van der Waals surface area contributed by atoms with E-state index in [1.807, 2.05) is 24.3 Å². The molecule has 0 atom stereocenters. The number of esters is 1. The molecule has 100 valence electrons. The zero-order chi connectivity index (χ0) is 13.8. The quantitative estimate of drug-likeness (QED) is 0.693. The van der Waals surface area contributed by atoms with Crippen LogP contribution in [0.5, 0.6) is 0 Å². The van der Waals surface area contributed by atoms with Crippen molar-refractivity contribution < 1.29 is 9.53 Å². The first-order valence-electron chi connectivity index (χ1n) is 5.84. The van der Waals surface area contributed by atoms with Gasteiger partial charge in [0.1, 0.15) is 10.2 Å². The molecule has 0 aliphatic rings. The van der Waals surface area contributed by atoms with Gasteiger partial charge in [0, 0.05) is 5.69 Å². The van der Waals surface area contributed by atoms with Crippen molar-refractivity contribution in [2.75, 3.05) is 12.3 Å². The second-order valence-corrected chi connectivity index (χ2v) is 4.72. The summed E-state index contributed by atoms with van der Waals surface area (Å²) in [6, 6.07) is 7.51. The second kappa shape index (κ2) is 5.88. The van der Waals surface area contributed by atoms with Crippen molar-refractivity contribution in [1.29, 1.82) is 0 Å². The number of carbonyl (C=O) groups is 1. The van der Waals surface area contributed by atoms with Crippen molar-refractivity contribution in [2.24, 2.45) is 0 Å². The van der Waals surface area contributed by atoms with Gasteiger partial charge in [0.05, 0.1) is 19.3 Å². The molecular formula is C13H14BrN3O2. The monoisotopic (exact) mass is 323 g/mol. The van der Waals surface area contributed by atoms with E-state index < -0.39 is 0 Å². The van der Waals surface area contributed by atoms with Gasteiger partial charge in [-0.2, -0.15) is 5.10 Å². The summed E-state index contributed by atoms with van der Waals surface area (Å²) in [7, 11) is 0. The molecule has 2 N–H and O–H groups in total. The van der Waals surface area contributed by atoms with Crippen LogP contribution in [0.25, 0.3) is 0 Å². The molecule has 1 heterocycles. The maximum Gasteiger partial charge on any atom is 0.342 e. The standard InChI is InChI=1S/C13H14BrN3O2/c1-2-19-13(18)11-7-16-17(12(11)14)8-9-3-5-10(15)6-4-9/h3-7H,2,8,15H2,1H3. The van der Waals surface area contributed by atoms with Crippen LogP contribution in [0.4, 0.5) is 5.69 Å². The molecule has 0 amide bonds. The lowest BCUT2D eigenvalue weighted by Gasteiger charge is -2.05. The number of nitrogens with two attached hydrogens (primary N) is 1. The van der Waals surface area contributed by atoms with Gasteiger partial charge in [0.15, 0.2) is 0 Å². The zero-order valence-corrected chi connectivity index (χ0v) is 12.1. The third-order valence-corrected chi connectivity index (χ3v) is 3.42. The number of ether oxygens (including phenoxy) is 1. The van der Waals surface area contributed by atoms with Gasteiger partial charge in [-0.15, -0.1) is 0 Å². The number of nitrogens with zero attached hydrogens (tertiary/aromatic N) is 2. The van der Waals surface area contributed by atoms with Crippen molar-refractivity contribution in [2.45, 2.75) is 13.5 Å². The molecule has 0 fully saturated rings. The minimum absolute atomic E-state index is 0.342. The van der Waals surface area contributed by atoms with Gasteiger partial charge in [-0.05, 0) is 40.5 Å². The van der Waals surface area contributed by atoms with Gasteiger partial charge in [-0.25, -0.2) is 4.79 Å². The van der Waals surface area contributed by atoms with Gasteiger partial charge in [-0.3, -0.25) is 4.68 Å². The van der Waals surface area contributed by atoms with E-state index in [0.29, 0.717) is 23.3 Å². The molecular weight excluding hydrogens is 310 g/mol. The normalized spacial score (nSPS) is 10.4. The molecule has 0 radical (unpaired) electrons. The van der Waals surface area contributed by atoms with Crippen LogP contribution in [0.15, 0.2) is 35.1 Å². The van der Waals surface area contributed by atoms with Gasteiger partial charge >= 0.3 is 5.97 Å². The van der Waals surface area contributed by atoms with Crippen molar-refractivity contribution in [3.8, 4) is 0 Å². The predicted molar refractivity (Wildman–Crippen MR) is 75.8 cm³/mol. The van der Waals surface area contributed by atoms with Gasteiger partial charge in [-0.1, -0.05) is 12.1 Å². The summed E-state index contributed by atoms with van der Waals surface area (Å²) < 4.78 is 7.26. The Balaban J connectivity index is 2.18. The van der Waals surface area contributed by atoms with Crippen LogP contribution in [-0.2, 0) is 11.3 Å². The molecule has 6 heteroatoms. The Morgan fingerprint density at radius 2 is 2.11 bits per heavy atom. The molecule has 0 bridgehead atoms. The Labute approximate surface area is 119 Å². The van der Waals surface area contributed by atoms with Crippen LogP contribution in [-0.4, -0.2) is 22.4 Å². The predicted octanol–water partition coefficient (Wildman–Crippen LogP) is 2.45. The van der Waals surface area contributed by atoms with Crippen molar-refractivity contribution in [1.82, 2.24) is 9.78 Å². The second-order valence-electron chi connectivity index (χ2n) is 3.97. The third kappa shape index (κ3) is 3.14. The molecule has 5 nitrogen and oxygen atoms in total. The fourth-order valence-electron chi connectivity index (χ4n) is 1.62. The Hall–Kier alpha value is -1.82. The molecule has 1 aromatic heterocycles. The first kappa shape index (κ1) is 13.6. The highest BCUT2D eigenvalue weighted by Crippen LogP contribution is 2.19. The average molecular weight is 324 g/mol. The number of carbonyl (C=O) groups excluding carboxylic acids is 1. The van der Waals surface area contributed by atoms with E-state index in [2.05, 4.69) is 21.0 Å². The molecule has 0 saturated carbocycles. The molecule has 0 spiro atoms. The maximum absolute atomic E-state index is 11.7. The van der Waals surface area contributed by atoms with E-state index in [1.165, 1.54) is 6.20 Å². The summed E-state index contributed by atoms with van der Waals surface area (Å²) in [5.74, 6) is -0.377. The van der Waals surface area contributed by atoms with E-state index in [4.69, 9.17) is 10.5 Å². The minimum atomic E-state index is -0.377. The highest BCUT2D eigenvalue weighted by Gasteiger charge is 2.16. The van der Waals surface area contributed by atoms with Crippen molar-refractivity contribution >= 4 is 27.6 Å². The first-order chi connectivity index (χ1) is 9.11. The highest BCUT2D eigenvalue weighted by molar-refractivity contribution is 9.10. The molecule has 0 aliphatic heterocycles. The van der Waals surface area contributed by atoms with E-state index in [1.54, 1.807) is 11.6 Å². The van der Waals surface area contributed by atoms with Gasteiger partial charge in [0.2, 0.25) is 0 Å². The minimum Gasteiger partial charge on any atom is -0.462 e. The van der Waals surface area contributed by atoms with Crippen LogP contribution < -0.4 is 5.73 Å². The largest absolute Gasteiger partial charge is 0.462 e. The summed E-state index contributed by atoms with van der Waals surface area (Å²) >= 11 is 3.37. The first-order valence-corrected chi connectivity index (χ1v) is 6.64. The Kier molecular flexibility index (Phi) is 4.21. The number of anilines is 1. The summed E-state index contributed by atoms with van der Waals surface area (Å²) in [6.07, 6.45) is 1.50. The number of aromatic nitrogens is 2. The maximum atomic E-state index is 11.7. The number of hydrogen-bond donors (Lipinski definition) is 1. The topological polar surface area (TPSA) is 70.1 Å². The number of rotatable bonds is 4. The summed E-state index contributed by atoms with van der Waals surface area (Å²) in [4.78, 5) is 11.7. The van der Waals surface area contributed by atoms with E-state index in [-0.39, 0.29) is 5.97 Å². The van der Waals surface area contributed by atoms with E-state index in [0.717, 1.165) is 11.3 Å². The summed E-state index contributed by atoms with van der Waals surface area (Å²) in [5.41, 5.74) is 7.83. The number of nitrogen functional groups attached to an aromatic ring is 1. The lowest BCUT2D eigenvalue weighted by Crippen LogP contribution is -2.06. The molecule has 0 saturated heterocycles. The molecule has 19 heavy (non-hydrogen) atoms. The number of hydrogen-bond acceptors (Lipinski definition) is 4. The Morgan fingerprint density at radius 1 is 1.42 bits per heavy atom. The lowest BCUT2D eigenvalue weighted by atomic mass is 10.2. The van der Waals surface area contributed by atoms with Crippen LogP contribution >= 0.6 is 15.9 Å². The molecule has 0 unspecified atom stereocenters. The number of halogens is 1. The molecule has 2 rings (SSSR count). The van der Waals surface area contributed by atoms with Crippen molar-refractivity contribution in [3.05, 3.63) is 46.2 Å². The molecule has 2 aromatic rings. The third-order valence-electron chi connectivity index (χ3n) is 2.58. The van der Waals surface area contributed by atoms with Crippen LogP contribution in [0.2, 0.25) is 0 Å². The summed E-state index contributed by atoms with van der Waals surface area (Å²) in [5, 5.41) is 4.17. The van der Waals surface area contributed by atoms with E-state index >= 15 is 0 Å². The number of benzene rings is 1. The highest BCUT2D eigenvalue weighted by atomic mass is 79.9. The SMILES string of the molecule is CCOC(=O)c1cnn(Cc2ccc(N)cc2)c1Br. The Bertz CT molecular complexity index is 578. The smallest absolute Gasteiger partial charge is 0.342 e. The lowest BCUT2D eigenvalue weighted by molar-refractivity contribution is 0.0525. The zero-order valence-electron chi connectivity index (χ0n) is 10.5. The van der Waals surface area contributed by atoms with Crippen molar-refractivity contribution in [3.63, 3.8) is 0 Å². The van der Waals surface area contributed by atoms with Crippen LogP contribution in [0.1, 0.15) is 22.8 Å². The van der Waals surface area contributed by atoms with Crippen LogP contribution in [0, 0.1) is 0 Å². The molecule has 0 aliphatic carbocycles. The van der Waals surface area contributed by atoms with Crippen LogP contribution in [0.3, 0.4) is 0 Å². The van der Waals surface area contributed by atoms with E-state index in [9.17, 15) is 4.79 Å². The molecule has 1 aromatic carbocycles. The van der Waals surface area contributed by atoms with Gasteiger partial charge < -0.3 is 10.5 Å². The van der Waals surface area contributed by atoms with Gasteiger partial charge in [0.25, 0.3) is 0 Å².